The first-order valence-corrected chi connectivity index (χ1v) is 11.2. The Hall–Kier alpha value is -3.55. The Morgan fingerprint density at radius 2 is 1.73 bits per heavy atom. The monoisotopic (exact) mass is 449 g/mol. The van der Waals surface area contributed by atoms with E-state index in [4.69, 9.17) is 0 Å². The van der Waals surface area contributed by atoms with Gasteiger partial charge in [0.15, 0.2) is 0 Å². The van der Waals surface area contributed by atoms with Crippen LogP contribution in [-0.2, 0) is 9.59 Å². The molecule has 33 heavy (non-hydrogen) atoms. The van der Waals surface area contributed by atoms with Crippen LogP contribution in [0.25, 0.3) is 0 Å². The molecule has 0 saturated carbocycles. The standard InChI is InChI=1S/C25H31N5O3/c1-19-8-7-9-20(16-19)26-24(33)28-14-12-25(13-15-28)23(32)29(17-22(31)27(2)3)18-30(25)21-10-5-4-6-11-21/h4-11,16H,12-15,17-18H2,1-3H3,(H,26,33). The SMILES string of the molecule is Cc1cccc(NC(=O)N2CCC3(CC2)C(=O)N(CC(=O)N(C)C)CN3c2ccccc2)c1. The van der Waals surface area contributed by atoms with Gasteiger partial charge in [0.05, 0.1) is 6.67 Å². The minimum Gasteiger partial charge on any atom is -0.347 e. The predicted molar refractivity (Wildman–Crippen MR) is 128 cm³/mol. The number of benzene rings is 2. The molecule has 4 rings (SSSR count). The summed E-state index contributed by atoms with van der Waals surface area (Å²) in [5.41, 5.74) is 2.03. The van der Waals surface area contributed by atoms with Gasteiger partial charge in [-0.1, -0.05) is 30.3 Å². The minimum atomic E-state index is -0.756. The first kappa shape index (κ1) is 22.6. The molecule has 1 N–H and O–H groups in total. The van der Waals surface area contributed by atoms with Gasteiger partial charge in [-0.25, -0.2) is 4.79 Å². The fraction of sp³-hybridized carbons (Fsp3) is 0.400. The molecule has 2 aliphatic heterocycles. The maximum atomic E-state index is 13.6. The summed E-state index contributed by atoms with van der Waals surface area (Å²) >= 11 is 0. The number of likely N-dealkylation sites (N-methyl/N-ethyl adjacent to an activating group) is 1. The molecule has 8 nitrogen and oxygen atoms in total. The van der Waals surface area contributed by atoms with Crippen LogP contribution in [0.1, 0.15) is 18.4 Å². The van der Waals surface area contributed by atoms with Gasteiger partial charge in [-0.05, 0) is 49.6 Å². The molecular formula is C25H31N5O3. The van der Waals surface area contributed by atoms with E-state index in [2.05, 4.69) is 10.2 Å². The third-order valence-corrected chi connectivity index (χ3v) is 6.55. The van der Waals surface area contributed by atoms with Crippen LogP contribution in [0.2, 0.25) is 0 Å². The lowest BCUT2D eigenvalue weighted by Crippen LogP contribution is -2.58. The van der Waals surface area contributed by atoms with Crippen LogP contribution >= 0.6 is 0 Å². The molecule has 2 fully saturated rings. The van der Waals surface area contributed by atoms with Crippen LogP contribution in [-0.4, -0.2) is 78.5 Å². The number of rotatable bonds is 4. The van der Waals surface area contributed by atoms with Gasteiger partial charge >= 0.3 is 6.03 Å². The normalized spacial score (nSPS) is 17.4. The molecule has 2 aromatic rings. The number of anilines is 2. The van der Waals surface area contributed by atoms with E-state index in [0.717, 1.165) is 16.9 Å². The number of hydrogen-bond acceptors (Lipinski definition) is 4. The van der Waals surface area contributed by atoms with Crippen molar-refractivity contribution in [1.29, 1.82) is 0 Å². The molecule has 0 aromatic heterocycles. The first-order chi connectivity index (χ1) is 15.8. The van der Waals surface area contributed by atoms with Crippen molar-refractivity contribution in [2.75, 3.05) is 50.6 Å². The Morgan fingerprint density at radius 3 is 2.36 bits per heavy atom. The zero-order valence-electron chi connectivity index (χ0n) is 19.5. The Morgan fingerprint density at radius 1 is 1.03 bits per heavy atom. The number of nitrogens with one attached hydrogen (secondary N) is 1. The van der Waals surface area contributed by atoms with Crippen LogP contribution in [0.15, 0.2) is 54.6 Å². The summed E-state index contributed by atoms with van der Waals surface area (Å²) in [7, 11) is 3.39. The summed E-state index contributed by atoms with van der Waals surface area (Å²) in [6, 6.07) is 17.4. The summed E-state index contributed by atoms with van der Waals surface area (Å²) < 4.78 is 0. The number of urea groups is 1. The number of piperidine rings is 1. The lowest BCUT2D eigenvalue weighted by Gasteiger charge is -2.43. The third-order valence-electron chi connectivity index (χ3n) is 6.55. The molecule has 2 aliphatic rings. The van der Waals surface area contributed by atoms with Crippen LogP contribution in [0.3, 0.4) is 0 Å². The molecule has 0 radical (unpaired) electrons. The zero-order chi connectivity index (χ0) is 23.6. The summed E-state index contributed by atoms with van der Waals surface area (Å²) in [4.78, 5) is 45.8. The second kappa shape index (κ2) is 9.13. The van der Waals surface area contributed by atoms with E-state index in [1.807, 2.05) is 61.5 Å². The molecular weight excluding hydrogens is 418 g/mol. The van der Waals surface area contributed by atoms with E-state index in [-0.39, 0.29) is 24.4 Å². The maximum Gasteiger partial charge on any atom is 0.321 e. The number of nitrogens with zero attached hydrogens (tertiary/aromatic N) is 4. The van der Waals surface area contributed by atoms with Crippen molar-refractivity contribution >= 4 is 29.2 Å². The summed E-state index contributed by atoms with van der Waals surface area (Å²) in [5, 5.41) is 2.96. The maximum absolute atomic E-state index is 13.6. The van der Waals surface area contributed by atoms with Gasteiger partial charge in [0.25, 0.3) is 5.91 Å². The van der Waals surface area contributed by atoms with Crippen molar-refractivity contribution in [3.05, 3.63) is 60.2 Å². The van der Waals surface area contributed by atoms with Crippen molar-refractivity contribution < 1.29 is 14.4 Å². The van der Waals surface area contributed by atoms with Crippen LogP contribution < -0.4 is 10.2 Å². The smallest absolute Gasteiger partial charge is 0.321 e. The van der Waals surface area contributed by atoms with E-state index in [0.29, 0.717) is 32.6 Å². The van der Waals surface area contributed by atoms with Crippen LogP contribution in [0.5, 0.6) is 0 Å². The average molecular weight is 450 g/mol. The van der Waals surface area contributed by atoms with Gasteiger partial charge in [0.1, 0.15) is 12.1 Å². The van der Waals surface area contributed by atoms with Gasteiger partial charge in [-0.3, -0.25) is 9.59 Å². The van der Waals surface area contributed by atoms with Crippen molar-refractivity contribution in [1.82, 2.24) is 14.7 Å². The van der Waals surface area contributed by atoms with E-state index in [9.17, 15) is 14.4 Å². The van der Waals surface area contributed by atoms with Crippen molar-refractivity contribution in [2.24, 2.45) is 0 Å². The number of para-hydroxylation sites is 1. The fourth-order valence-electron chi connectivity index (χ4n) is 4.63. The Bertz CT molecular complexity index is 1030. The topological polar surface area (TPSA) is 76.2 Å². The van der Waals surface area contributed by atoms with Crippen molar-refractivity contribution in [2.45, 2.75) is 25.3 Å². The molecule has 2 saturated heterocycles. The zero-order valence-corrected chi connectivity index (χ0v) is 19.5. The second-order valence-electron chi connectivity index (χ2n) is 9.01. The Balaban J connectivity index is 1.51. The number of aryl methyl sites for hydroxylation is 1. The highest BCUT2D eigenvalue weighted by molar-refractivity contribution is 5.96. The minimum absolute atomic E-state index is 0.0414. The van der Waals surface area contributed by atoms with Crippen LogP contribution in [0, 0.1) is 6.92 Å². The van der Waals surface area contributed by atoms with Crippen molar-refractivity contribution in [3.63, 3.8) is 0 Å². The Labute approximate surface area is 194 Å². The molecule has 8 heteroatoms. The van der Waals surface area contributed by atoms with E-state index < -0.39 is 5.54 Å². The van der Waals surface area contributed by atoms with E-state index >= 15 is 0 Å². The van der Waals surface area contributed by atoms with Gasteiger partial charge in [0.2, 0.25) is 5.91 Å². The number of carbonyl (C=O) groups excluding carboxylic acids is 3. The molecule has 4 amide bonds. The highest BCUT2D eigenvalue weighted by atomic mass is 16.2. The lowest BCUT2D eigenvalue weighted by atomic mass is 9.85. The molecule has 2 heterocycles. The lowest BCUT2D eigenvalue weighted by molar-refractivity contribution is -0.139. The Kier molecular flexibility index (Phi) is 6.26. The fourth-order valence-corrected chi connectivity index (χ4v) is 4.63. The molecule has 0 aliphatic carbocycles. The molecule has 1 spiro atoms. The highest BCUT2D eigenvalue weighted by Gasteiger charge is 2.54. The molecule has 0 unspecified atom stereocenters. The number of carbonyl (C=O) groups is 3. The van der Waals surface area contributed by atoms with Gasteiger partial charge in [0, 0.05) is 38.6 Å². The average Bonchev–Trinajstić information content (AvgIpc) is 3.06. The van der Waals surface area contributed by atoms with Gasteiger partial charge in [-0.2, -0.15) is 0 Å². The second-order valence-corrected chi connectivity index (χ2v) is 9.01. The quantitative estimate of drug-likeness (QED) is 0.779. The molecule has 174 valence electrons. The molecule has 2 aromatic carbocycles. The first-order valence-electron chi connectivity index (χ1n) is 11.2. The molecule has 0 atom stereocenters. The molecule has 0 bridgehead atoms. The summed E-state index contributed by atoms with van der Waals surface area (Å²) in [6.07, 6.45) is 1.02. The number of hydrogen-bond donors (Lipinski definition) is 1. The van der Waals surface area contributed by atoms with Crippen LogP contribution in [0.4, 0.5) is 16.2 Å². The predicted octanol–water partition coefficient (Wildman–Crippen LogP) is 2.76. The third kappa shape index (κ3) is 4.51. The van der Waals surface area contributed by atoms with Gasteiger partial charge in [-0.15, -0.1) is 0 Å². The van der Waals surface area contributed by atoms with E-state index in [1.54, 1.807) is 23.9 Å². The largest absolute Gasteiger partial charge is 0.347 e. The highest BCUT2D eigenvalue weighted by Crippen LogP contribution is 2.39. The number of likely N-dealkylation sites (tertiary alicyclic amines) is 1. The summed E-state index contributed by atoms with van der Waals surface area (Å²) in [5.74, 6) is -0.149. The summed E-state index contributed by atoms with van der Waals surface area (Å²) in [6.45, 7) is 3.31. The number of amides is 4. The van der Waals surface area contributed by atoms with E-state index in [1.165, 1.54) is 4.90 Å². The van der Waals surface area contributed by atoms with Gasteiger partial charge < -0.3 is 24.9 Å². The van der Waals surface area contributed by atoms with Crippen molar-refractivity contribution in [3.8, 4) is 0 Å².